The molecule has 0 aliphatic rings. The maximum Gasteiger partial charge on any atom is 0.288 e. The van der Waals surface area contributed by atoms with Gasteiger partial charge in [0.2, 0.25) is 0 Å². The minimum absolute atomic E-state index is 0.508. The Labute approximate surface area is 86.3 Å². The van der Waals surface area contributed by atoms with E-state index in [4.69, 9.17) is 0 Å². The van der Waals surface area contributed by atoms with E-state index in [0.717, 1.165) is 12.1 Å². The number of hydrogen-bond donors (Lipinski definition) is 0. The third kappa shape index (κ3) is 3.09. The molecule has 0 atom stereocenters. The summed E-state index contributed by atoms with van der Waals surface area (Å²) in [6.07, 6.45) is 2.48. The van der Waals surface area contributed by atoms with E-state index in [2.05, 4.69) is 4.36 Å². The van der Waals surface area contributed by atoms with Gasteiger partial charge in [-0.2, -0.15) is 4.36 Å². The van der Waals surface area contributed by atoms with Gasteiger partial charge in [-0.25, -0.2) is 13.0 Å². The molecule has 0 spiro atoms. The molecule has 0 aliphatic carbocycles. The summed E-state index contributed by atoms with van der Waals surface area (Å²) in [7, 11) is -2.66. The standard InChI is InChI=1S/C9H9F2NO2S/c1-15(2,14)12-9(13)6-4-3-5-7(10)8(6)11/h3-5H,1-2H3. The molecule has 0 N–H and O–H groups in total. The molecule has 0 aromatic heterocycles. The Bertz CT molecular complexity index is 511. The summed E-state index contributed by atoms with van der Waals surface area (Å²) in [5.41, 5.74) is -0.508. The fourth-order valence-corrected chi connectivity index (χ4v) is 1.42. The zero-order valence-electron chi connectivity index (χ0n) is 8.16. The number of nitrogens with zero attached hydrogens (tertiary/aromatic N) is 1. The highest BCUT2D eigenvalue weighted by Crippen LogP contribution is 2.12. The Morgan fingerprint density at radius 3 is 2.47 bits per heavy atom. The topological polar surface area (TPSA) is 46.5 Å². The van der Waals surface area contributed by atoms with Crippen molar-refractivity contribution in [2.45, 2.75) is 0 Å². The molecule has 1 amide bonds. The second kappa shape index (κ2) is 4.06. The third-order valence-corrected chi connectivity index (χ3v) is 2.09. The van der Waals surface area contributed by atoms with Crippen LogP contribution in [0.3, 0.4) is 0 Å². The smallest absolute Gasteiger partial charge is 0.266 e. The van der Waals surface area contributed by atoms with E-state index in [1.807, 2.05) is 0 Å². The highest BCUT2D eigenvalue weighted by Gasteiger charge is 2.14. The van der Waals surface area contributed by atoms with E-state index in [-0.39, 0.29) is 0 Å². The summed E-state index contributed by atoms with van der Waals surface area (Å²) in [4.78, 5) is 11.3. The maximum absolute atomic E-state index is 13.1. The number of amides is 1. The zero-order chi connectivity index (χ0) is 11.6. The first-order chi connectivity index (χ1) is 6.81. The fourth-order valence-electron chi connectivity index (χ4n) is 0.918. The number of halogens is 2. The summed E-state index contributed by atoms with van der Waals surface area (Å²) in [6.45, 7) is 0. The molecule has 0 bridgehead atoms. The van der Waals surface area contributed by atoms with Crippen LogP contribution in [0.15, 0.2) is 22.6 Å². The van der Waals surface area contributed by atoms with Crippen LogP contribution < -0.4 is 0 Å². The summed E-state index contributed by atoms with van der Waals surface area (Å²) >= 11 is 0. The van der Waals surface area contributed by atoms with Gasteiger partial charge in [0.15, 0.2) is 11.6 Å². The van der Waals surface area contributed by atoms with Crippen molar-refractivity contribution in [2.75, 3.05) is 12.5 Å². The SMILES string of the molecule is CS(C)(=O)=NC(=O)c1cccc(F)c1F. The van der Waals surface area contributed by atoms with Crippen molar-refractivity contribution < 1.29 is 17.8 Å². The average molecular weight is 233 g/mol. The van der Waals surface area contributed by atoms with Gasteiger partial charge in [0.25, 0.3) is 5.91 Å². The summed E-state index contributed by atoms with van der Waals surface area (Å²) in [5.74, 6) is -3.41. The van der Waals surface area contributed by atoms with Gasteiger partial charge in [-0.3, -0.25) is 4.79 Å². The van der Waals surface area contributed by atoms with Crippen LogP contribution in [0.5, 0.6) is 0 Å². The van der Waals surface area contributed by atoms with Crippen molar-refractivity contribution in [1.29, 1.82) is 0 Å². The lowest BCUT2D eigenvalue weighted by Crippen LogP contribution is -2.04. The van der Waals surface area contributed by atoms with Gasteiger partial charge < -0.3 is 0 Å². The van der Waals surface area contributed by atoms with Gasteiger partial charge in [-0.1, -0.05) is 6.07 Å². The Morgan fingerprint density at radius 1 is 1.33 bits per heavy atom. The van der Waals surface area contributed by atoms with Crippen LogP contribution in [0.25, 0.3) is 0 Å². The van der Waals surface area contributed by atoms with Gasteiger partial charge >= 0.3 is 0 Å². The zero-order valence-corrected chi connectivity index (χ0v) is 8.98. The van der Waals surface area contributed by atoms with Crippen LogP contribution in [-0.4, -0.2) is 22.6 Å². The number of rotatable bonds is 1. The molecule has 3 nitrogen and oxygen atoms in total. The average Bonchev–Trinajstić information content (AvgIpc) is 2.06. The molecular weight excluding hydrogens is 224 g/mol. The van der Waals surface area contributed by atoms with Crippen molar-refractivity contribution in [3.05, 3.63) is 35.4 Å². The second-order valence-corrected chi connectivity index (χ2v) is 5.72. The Morgan fingerprint density at radius 2 is 1.93 bits per heavy atom. The maximum atomic E-state index is 13.1. The van der Waals surface area contributed by atoms with Crippen LogP contribution in [0, 0.1) is 11.6 Å². The summed E-state index contributed by atoms with van der Waals surface area (Å²) < 4.78 is 40.2. The molecule has 0 unspecified atom stereocenters. The Balaban J connectivity index is 3.25. The number of carbonyl (C=O) groups is 1. The lowest BCUT2D eigenvalue weighted by molar-refractivity contribution is 0.1000. The van der Waals surface area contributed by atoms with Gasteiger partial charge in [-0.05, 0) is 12.1 Å². The number of carbonyl (C=O) groups excluding carboxylic acids is 1. The quantitative estimate of drug-likeness (QED) is 0.743. The molecule has 6 heteroatoms. The molecular formula is C9H9F2NO2S. The van der Waals surface area contributed by atoms with E-state index >= 15 is 0 Å². The van der Waals surface area contributed by atoms with Gasteiger partial charge in [0.1, 0.15) is 0 Å². The molecule has 0 fully saturated rings. The Kier molecular flexibility index (Phi) is 3.18. The van der Waals surface area contributed by atoms with Crippen molar-refractivity contribution in [3.8, 4) is 0 Å². The lowest BCUT2D eigenvalue weighted by Gasteiger charge is -1.99. The third-order valence-electron chi connectivity index (χ3n) is 1.48. The van der Waals surface area contributed by atoms with E-state index in [9.17, 15) is 17.8 Å². The molecule has 0 heterocycles. The van der Waals surface area contributed by atoms with Crippen molar-refractivity contribution in [2.24, 2.45) is 4.36 Å². The summed E-state index contributed by atoms with van der Waals surface area (Å²) in [5, 5.41) is 0. The van der Waals surface area contributed by atoms with E-state index in [1.165, 1.54) is 18.6 Å². The highest BCUT2D eigenvalue weighted by molar-refractivity contribution is 7.92. The van der Waals surface area contributed by atoms with E-state index in [0.29, 0.717) is 0 Å². The van der Waals surface area contributed by atoms with Crippen LogP contribution >= 0.6 is 0 Å². The van der Waals surface area contributed by atoms with Gasteiger partial charge in [0.05, 0.1) is 5.56 Å². The molecule has 1 rings (SSSR count). The van der Waals surface area contributed by atoms with Crippen molar-refractivity contribution in [3.63, 3.8) is 0 Å². The minimum Gasteiger partial charge on any atom is -0.266 e. The molecule has 0 saturated carbocycles. The predicted molar refractivity (Wildman–Crippen MR) is 53.1 cm³/mol. The van der Waals surface area contributed by atoms with Gasteiger partial charge in [-0.15, -0.1) is 0 Å². The first kappa shape index (κ1) is 11.8. The molecule has 1 aromatic carbocycles. The second-order valence-electron chi connectivity index (χ2n) is 3.18. The van der Waals surface area contributed by atoms with Crippen LogP contribution in [0.4, 0.5) is 8.78 Å². The van der Waals surface area contributed by atoms with E-state index < -0.39 is 32.8 Å². The molecule has 0 aliphatic heterocycles. The molecule has 0 saturated heterocycles. The highest BCUT2D eigenvalue weighted by atomic mass is 32.2. The van der Waals surface area contributed by atoms with Crippen molar-refractivity contribution >= 4 is 15.6 Å². The van der Waals surface area contributed by atoms with Gasteiger partial charge in [0, 0.05) is 22.2 Å². The lowest BCUT2D eigenvalue weighted by atomic mass is 10.2. The van der Waals surface area contributed by atoms with Crippen molar-refractivity contribution in [1.82, 2.24) is 0 Å². The minimum atomic E-state index is -2.66. The number of benzene rings is 1. The summed E-state index contributed by atoms with van der Waals surface area (Å²) in [6, 6.07) is 3.17. The van der Waals surface area contributed by atoms with E-state index in [1.54, 1.807) is 0 Å². The normalized spacial score (nSPS) is 11.2. The largest absolute Gasteiger partial charge is 0.288 e. The Hall–Kier alpha value is -1.30. The number of hydrogen-bond acceptors (Lipinski definition) is 2. The van der Waals surface area contributed by atoms with Crippen LogP contribution in [0.2, 0.25) is 0 Å². The fraction of sp³-hybridized carbons (Fsp3) is 0.222. The van der Waals surface area contributed by atoms with Crippen LogP contribution in [-0.2, 0) is 9.73 Å². The molecule has 1 aromatic rings. The molecule has 82 valence electrons. The van der Waals surface area contributed by atoms with Crippen LogP contribution in [0.1, 0.15) is 10.4 Å². The molecule has 15 heavy (non-hydrogen) atoms. The monoisotopic (exact) mass is 233 g/mol. The molecule has 0 radical (unpaired) electrons. The predicted octanol–water partition coefficient (Wildman–Crippen LogP) is 1.83. The first-order valence-electron chi connectivity index (χ1n) is 3.97. The first-order valence-corrected chi connectivity index (χ1v) is 6.30.